The lowest BCUT2D eigenvalue weighted by molar-refractivity contribution is -0.146. The number of carboxylic acid groups (broad SMARTS) is 1. The number of aromatic nitrogens is 3. The number of aliphatic carboxylic acids is 1. The second kappa shape index (κ2) is 12.3. The van der Waals surface area contributed by atoms with Gasteiger partial charge in [-0.15, -0.1) is 0 Å². The second-order valence-electron chi connectivity index (χ2n) is 8.86. The lowest BCUT2D eigenvalue weighted by atomic mass is 9.81. The van der Waals surface area contributed by atoms with E-state index in [-0.39, 0.29) is 5.92 Å². The second-order valence-corrected chi connectivity index (χ2v) is 9.92. The minimum absolute atomic E-state index is 0.0308. The molecule has 35 heavy (non-hydrogen) atoms. The number of methoxy groups -OCH3 is 1. The van der Waals surface area contributed by atoms with Crippen molar-refractivity contribution in [3.63, 3.8) is 0 Å². The van der Waals surface area contributed by atoms with Crippen LogP contribution in [0.15, 0.2) is 54.1 Å². The number of halogens is 1. The highest BCUT2D eigenvalue weighted by Crippen LogP contribution is 2.35. The van der Waals surface area contributed by atoms with Gasteiger partial charge in [0.15, 0.2) is 5.16 Å². The van der Waals surface area contributed by atoms with Crippen LogP contribution in [0.3, 0.4) is 0 Å². The summed E-state index contributed by atoms with van der Waals surface area (Å²) in [6, 6.07) is 8.95. The minimum atomic E-state index is -1.18. The SMILES string of the molecule is COc1ccc2nccc([C@H](F)CC[C@@H]3CCN(CCCSc4ncccn4)C[C@@H]3C(=O)O)c2c1. The smallest absolute Gasteiger partial charge is 0.308 e. The highest BCUT2D eigenvalue weighted by molar-refractivity contribution is 7.99. The number of likely N-dealkylation sites (tertiary alicyclic amines) is 1. The van der Waals surface area contributed by atoms with Gasteiger partial charge in [0.2, 0.25) is 0 Å². The van der Waals surface area contributed by atoms with Crippen LogP contribution in [-0.4, -0.2) is 63.4 Å². The summed E-state index contributed by atoms with van der Waals surface area (Å²) >= 11 is 1.61. The van der Waals surface area contributed by atoms with Crippen molar-refractivity contribution in [2.24, 2.45) is 11.8 Å². The molecule has 1 aromatic carbocycles. The molecule has 0 saturated carbocycles. The standard InChI is InChI=1S/C26H31FN4O3S/c1-34-19-5-7-24-21(16-19)20(8-12-28-24)23(27)6-4-18-9-14-31(17-22(18)25(32)33)13-3-15-35-26-29-10-2-11-30-26/h2,5,7-8,10-12,16,18,22-23H,3-4,6,9,13-15,17H2,1H3,(H,32,33)/t18-,22+,23-/m1/s1. The van der Waals surface area contributed by atoms with Crippen molar-refractivity contribution in [2.45, 2.75) is 37.0 Å². The molecule has 3 aromatic rings. The van der Waals surface area contributed by atoms with E-state index in [4.69, 9.17) is 4.74 Å². The lowest BCUT2D eigenvalue weighted by Crippen LogP contribution is -2.44. The summed E-state index contributed by atoms with van der Waals surface area (Å²) in [5.41, 5.74) is 1.30. The number of pyridine rings is 1. The average Bonchev–Trinajstić information content (AvgIpc) is 2.89. The van der Waals surface area contributed by atoms with Crippen LogP contribution in [0.25, 0.3) is 10.9 Å². The third kappa shape index (κ3) is 6.67. The first-order valence-electron chi connectivity index (χ1n) is 12.0. The van der Waals surface area contributed by atoms with E-state index < -0.39 is 18.1 Å². The molecule has 4 rings (SSSR count). The van der Waals surface area contributed by atoms with E-state index in [1.54, 1.807) is 49.6 Å². The fraction of sp³-hybridized carbons (Fsp3) is 0.462. The summed E-state index contributed by atoms with van der Waals surface area (Å²) in [6.45, 7) is 2.19. The van der Waals surface area contributed by atoms with Crippen molar-refractivity contribution in [3.05, 3.63) is 54.5 Å². The van der Waals surface area contributed by atoms with Gasteiger partial charge in [0.1, 0.15) is 11.9 Å². The summed E-state index contributed by atoms with van der Waals surface area (Å²) < 4.78 is 20.7. The van der Waals surface area contributed by atoms with Gasteiger partial charge in [0.25, 0.3) is 0 Å². The Bertz CT molecular complexity index is 1120. The molecule has 1 saturated heterocycles. The summed E-state index contributed by atoms with van der Waals surface area (Å²) in [5.74, 6) is 0.246. The van der Waals surface area contributed by atoms with Crippen molar-refractivity contribution < 1.29 is 19.0 Å². The Labute approximate surface area is 209 Å². The van der Waals surface area contributed by atoms with Crippen LogP contribution < -0.4 is 4.74 Å². The van der Waals surface area contributed by atoms with Gasteiger partial charge in [-0.3, -0.25) is 9.78 Å². The first kappa shape index (κ1) is 25.3. The molecule has 186 valence electrons. The topological polar surface area (TPSA) is 88.4 Å². The maximum Gasteiger partial charge on any atom is 0.308 e. The van der Waals surface area contributed by atoms with Crippen molar-refractivity contribution in [3.8, 4) is 5.75 Å². The zero-order valence-electron chi connectivity index (χ0n) is 19.8. The zero-order valence-corrected chi connectivity index (χ0v) is 20.7. The van der Waals surface area contributed by atoms with Gasteiger partial charge in [-0.1, -0.05) is 11.8 Å². The van der Waals surface area contributed by atoms with E-state index in [2.05, 4.69) is 19.9 Å². The molecule has 0 aliphatic carbocycles. The molecule has 0 amide bonds. The molecule has 3 heterocycles. The molecule has 2 aromatic heterocycles. The number of nitrogens with zero attached hydrogens (tertiary/aromatic N) is 4. The lowest BCUT2D eigenvalue weighted by Gasteiger charge is -2.36. The number of thioether (sulfide) groups is 1. The Hall–Kier alpha value is -2.78. The fourth-order valence-corrected chi connectivity index (χ4v) is 5.50. The van der Waals surface area contributed by atoms with Crippen LogP contribution in [0, 0.1) is 11.8 Å². The molecule has 9 heteroatoms. The Morgan fingerprint density at radius 2 is 2.09 bits per heavy atom. The molecule has 3 atom stereocenters. The number of alkyl halides is 1. The normalized spacial score (nSPS) is 19.5. The number of fused-ring (bicyclic) bond motifs is 1. The summed E-state index contributed by atoms with van der Waals surface area (Å²) in [5, 5.41) is 11.4. The van der Waals surface area contributed by atoms with Crippen LogP contribution in [0.5, 0.6) is 5.75 Å². The van der Waals surface area contributed by atoms with Crippen LogP contribution in [0.1, 0.15) is 37.4 Å². The first-order valence-corrected chi connectivity index (χ1v) is 13.0. The van der Waals surface area contributed by atoms with Gasteiger partial charge in [-0.05, 0) is 80.6 Å². The molecule has 0 unspecified atom stereocenters. The summed E-state index contributed by atoms with van der Waals surface area (Å²) in [6.07, 6.45) is 6.43. The van der Waals surface area contributed by atoms with E-state index in [0.717, 1.165) is 47.7 Å². The third-order valence-corrected chi connectivity index (χ3v) is 7.62. The van der Waals surface area contributed by atoms with Gasteiger partial charge < -0.3 is 14.7 Å². The Kier molecular flexibility index (Phi) is 8.87. The summed E-state index contributed by atoms with van der Waals surface area (Å²) in [4.78, 5) is 27.0. The number of carbonyl (C=O) groups is 1. The average molecular weight is 499 g/mol. The maximum absolute atomic E-state index is 15.4. The molecule has 1 N–H and O–H groups in total. The monoisotopic (exact) mass is 498 g/mol. The van der Waals surface area contributed by atoms with E-state index in [9.17, 15) is 9.90 Å². The first-order chi connectivity index (χ1) is 17.0. The van der Waals surface area contributed by atoms with Crippen LogP contribution in [0.4, 0.5) is 4.39 Å². The number of carboxylic acids is 1. The third-order valence-electron chi connectivity index (χ3n) is 6.66. The molecule has 0 bridgehead atoms. The van der Waals surface area contributed by atoms with E-state index in [1.807, 2.05) is 18.2 Å². The molecular formula is C26H31FN4O3S. The summed E-state index contributed by atoms with van der Waals surface area (Å²) in [7, 11) is 1.58. The number of hydrogen-bond acceptors (Lipinski definition) is 7. The number of hydrogen-bond donors (Lipinski definition) is 1. The van der Waals surface area contributed by atoms with Gasteiger partial charge in [0, 0.05) is 36.3 Å². The molecular weight excluding hydrogens is 467 g/mol. The van der Waals surface area contributed by atoms with Crippen molar-refractivity contribution >= 4 is 28.6 Å². The predicted molar refractivity (Wildman–Crippen MR) is 134 cm³/mol. The molecule has 0 radical (unpaired) electrons. The largest absolute Gasteiger partial charge is 0.497 e. The van der Waals surface area contributed by atoms with Crippen molar-refractivity contribution in [2.75, 3.05) is 32.5 Å². The Balaban J connectivity index is 1.30. The van der Waals surface area contributed by atoms with Gasteiger partial charge in [-0.2, -0.15) is 0 Å². The highest BCUT2D eigenvalue weighted by atomic mass is 32.2. The zero-order chi connectivity index (χ0) is 24.6. The number of rotatable bonds is 11. The van der Waals surface area contributed by atoms with Crippen molar-refractivity contribution in [1.82, 2.24) is 19.9 Å². The predicted octanol–water partition coefficient (Wildman–Crippen LogP) is 5.03. The van der Waals surface area contributed by atoms with Gasteiger partial charge >= 0.3 is 5.97 Å². The highest BCUT2D eigenvalue weighted by Gasteiger charge is 2.34. The maximum atomic E-state index is 15.4. The fourth-order valence-electron chi connectivity index (χ4n) is 4.77. The van der Waals surface area contributed by atoms with Crippen LogP contribution in [0.2, 0.25) is 0 Å². The van der Waals surface area contributed by atoms with Crippen LogP contribution >= 0.6 is 11.8 Å². The molecule has 1 aliphatic heterocycles. The molecule has 7 nitrogen and oxygen atoms in total. The quantitative estimate of drug-likeness (QED) is 0.224. The molecule has 1 fully saturated rings. The van der Waals surface area contributed by atoms with Crippen molar-refractivity contribution in [1.29, 1.82) is 0 Å². The van der Waals surface area contributed by atoms with Crippen LogP contribution in [-0.2, 0) is 4.79 Å². The Morgan fingerprint density at radius 1 is 1.26 bits per heavy atom. The van der Waals surface area contributed by atoms with E-state index >= 15 is 4.39 Å². The number of benzene rings is 1. The number of ether oxygens (including phenoxy) is 1. The number of piperidine rings is 1. The van der Waals surface area contributed by atoms with E-state index in [0.29, 0.717) is 30.7 Å². The van der Waals surface area contributed by atoms with Gasteiger partial charge in [-0.25, -0.2) is 14.4 Å². The minimum Gasteiger partial charge on any atom is -0.497 e. The Morgan fingerprint density at radius 3 is 2.86 bits per heavy atom. The molecule has 0 spiro atoms. The van der Waals surface area contributed by atoms with E-state index in [1.165, 1.54) is 0 Å². The molecule has 1 aliphatic rings. The van der Waals surface area contributed by atoms with Gasteiger partial charge in [0.05, 0.1) is 18.5 Å².